The summed E-state index contributed by atoms with van der Waals surface area (Å²) in [6, 6.07) is 3.35. The molecule has 2 aromatic rings. The molecular formula is C32H43F4N7O4. The Bertz CT molecular complexity index is 1420. The zero-order valence-corrected chi connectivity index (χ0v) is 26.9. The molecule has 47 heavy (non-hydrogen) atoms. The SMILES string of the molecule is CCC(=O)N[C@H](Cc1ccc(NC(=O)[C@@H](NC(=O)c2ccnn2CC)C2CCC(C(F)(F)F)CC2)c(F)c1)C(=O)N1CCN(C)CC1. The van der Waals surface area contributed by atoms with Crippen LogP contribution in [0.3, 0.4) is 0 Å². The number of benzene rings is 1. The van der Waals surface area contributed by atoms with E-state index in [1.54, 1.807) is 18.7 Å². The van der Waals surface area contributed by atoms with Gasteiger partial charge in [-0.3, -0.25) is 23.9 Å². The quantitative estimate of drug-likeness (QED) is 0.316. The molecular weight excluding hydrogens is 622 g/mol. The van der Waals surface area contributed by atoms with Crippen LogP contribution in [-0.4, -0.2) is 94.7 Å². The number of alkyl halides is 3. The molecule has 2 heterocycles. The van der Waals surface area contributed by atoms with Crippen molar-refractivity contribution in [1.29, 1.82) is 0 Å². The summed E-state index contributed by atoms with van der Waals surface area (Å²) in [5.74, 6) is -4.87. The maximum absolute atomic E-state index is 15.4. The molecule has 0 spiro atoms. The third kappa shape index (κ3) is 9.30. The highest BCUT2D eigenvalue weighted by molar-refractivity contribution is 6.00. The number of hydrogen-bond donors (Lipinski definition) is 3. The topological polar surface area (TPSA) is 129 Å². The Kier molecular flexibility index (Phi) is 12.0. The fourth-order valence-corrected chi connectivity index (χ4v) is 6.15. The first-order valence-corrected chi connectivity index (χ1v) is 16.1. The Morgan fingerprint density at radius 1 is 0.979 bits per heavy atom. The lowest BCUT2D eigenvalue weighted by Crippen LogP contribution is -2.54. The second-order valence-corrected chi connectivity index (χ2v) is 12.2. The monoisotopic (exact) mass is 665 g/mol. The largest absolute Gasteiger partial charge is 0.391 e. The lowest BCUT2D eigenvalue weighted by molar-refractivity contribution is -0.184. The maximum Gasteiger partial charge on any atom is 0.391 e. The Hall–Kier alpha value is -4.01. The highest BCUT2D eigenvalue weighted by Crippen LogP contribution is 2.40. The van der Waals surface area contributed by atoms with Gasteiger partial charge in [0.15, 0.2) is 0 Å². The molecule has 3 N–H and O–H groups in total. The minimum atomic E-state index is -4.35. The zero-order chi connectivity index (χ0) is 34.3. The van der Waals surface area contributed by atoms with Crippen molar-refractivity contribution in [1.82, 2.24) is 30.2 Å². The number of nitrogens with one attached hydrogen (secondary N) is 3. The molecule has 11 nitrogen and oxygen atoms in total. The molecule has 258 valence electrons. The van der Waals surface area contributed by atoms with E-state index in [9.17, 15) is 32.3 Å². The summed E-state index contributed by atoms with van der Waals surface area (Å²) in [5.41, 5.74) is 0.397. The van der Waals surface area contributed by atoms with E-state index in [-0.39, 0.29) is 61.7 Å². The number of amides is 4. The third-order valence-corrected chi connectivity index (χ3v) is 9.02. The first-order valence-electron chi connectivity index (χ1n) is 16.1. The van der Waals surface area contributed by atoms with E-state index in [0.717, 1.165) is 0 Å². The Morgan fingerprint density at radius 2 is 1.66 bits per heavy atom. The third-order valence-electron chi connectivity index (χ3n) is 9.02. The van der Waals surface area contributed by atoms with Crippen molar-refractivity contribution in [2.75, 3.05) is 38.5 Å². The van der Waals surface area contributed by atoms with Gasteiger partial charge in [0.25, 0.3) is 5.91 Å². The summed E-state index contributed by atoms with van der Waals surface area (Å²) in [7, 11) is 1.96. The molecule has 1 aromatic heterocycles. The van der Waals surface area contributed by atoms with Crippen LogP contribution in [0, 0.1) is 17.7 Å². The highest BCUT2D eigenvalue weighted by atomic mass is 19.4. The molecule has 2 aliphatic rings. The van der Waals surface area contributed by atoms with Crippen molar-refractivity contribution >= 4 is 29.3 Å². The number of aromatic nitrogens is 2. The van der Waals surface area contributed by atoms with Gasteiger partial charge in [0, 0.05) is 51.8 Å². The summed E-state index contributed by atoms with van der Waals surface area (Å²) in [6.45, 7) is 6.21. The Morgan fingerprint density at radius 3 is 2.26 bits per heavy atom. The number of aryl methyl sites for hydroxylation is 1. The molecule has 15 heteroatoms. The van der Waals surface area contributed by atoms with Crippen molar-refractivity contribution < 1.29 is 36.7 Å². The van der Waals surface area contributed by atoms with Crippen LogP contribution in [0.15, 0.2) is 30.5 Å². The predicted octanol–water partition coefficient (Wildman–Crippen LogP) is 3.36. The Balaban J connectivity index is 1.49. The van der Waals surface area contributed by atoms with Crippen LogP contribution in [0.4, 0.5) is 23.2 Å². The van der Waals surface area contributed by atoms with Gasteiger partial charge in [-0.15, -0.1) is 0 Å². The van der Waals surface area contributed by atoms with Crippen LogP contribution in [0.25, 0.3) is 0 Å². The number of rotatable bonds is 11. The van der Waals surface area contributed by atoms with Crippen LogP contribution in [-0.2, 0) is 27.3 Å². The average molecular weight is 666 g/mol. The maximum atomic E-state index is 15.4. The number of carbonyl (C=O) groups is 4. The van der Waals surface area contributed by atoms with Crippen molar-refractivity contribution in [2.45, 2.75) is 77.2 Å². The second-order valence-electron chi connectivity index (χ2n) is 12.2. The zero-order valence-electron chi connectivity index (χ0n) is 26.9. The normalized spacial score (nSPS) is 20.3. The molecule has 0 bridgehead atoms. The summed E-state index contributed by atoms with van der Waals surface area (Å²) >= 11 is 0. The molecule has 1 saturated carbocycles. The van der Waals surface area contributed by atoms with Gasteiger partial charge in [0.05, 0.1) is 11.6 Å². The lowest BCUT2D eigenvalue weighted by atomic mass is 9.78. The van der Waals surface area contributed by atoms with Crippen molar-refractivity contribution in [3.8, 4) is 0 Å². The fourth-order valence-electron chi connectivity index (χ4n) is 6.15. The van der Waals surface area contributed by atoms with Gasteiger partial charge >= 0.3 is 6.18 Å². The van der Waals surface area contributed by atoms with Gasteiger partial charge in [-0.25, -0.2) is 4.39 Å². The molecule has 0 unspecified atom stereocenters. The van der Waals surface area contributed by atoms with Crippen LogP contribution in [0.1, 0.15) is 62.0 Å². The molecule has 4 amide bonds. The average Bonchev–Trinajstić information content (AvgIpc) is 3.53. The molecule has 1 saturated heterocycles. The standard InChI is InChI=1S/C32H43F4N7O4/c1-4-27(44)38-25(31(47)42-16-14-41(3)15-17-42)19-20-6-11-24(23(33)18-20)39-30(46)28(21-7-9-22(10-8-21)32(34,35)36)40-29(45)26-12-13-37-43(26)5-2/h6,11-13,18,21-22,25,28H,4-5,7-10,14-17,19H2,1-3H3,(H,38,44)(H,39,46)(H,40,45)/t21?,22?,25-,28+/m1/s1. The summed E-state index contributed by atoms with van der Waals surface area (Å²) < 4.78 is 56.9. The number of hydrogen-bond acceptors (Lipinski definition) is 6. The number of halogens is 4. The van der Waals surface area contributed by atoms with E-state index in [1.807, 2.05) is 7.05 Å². The molecule has 1 aromatic carbocycles. The first kappa shape index (κ1) is 35.8. The number of likely N-dealkylation sites (N-methyl/N-ethyl adjacent to an activating group) is 1. The number of anilines is 1. The molecule has 4 rings (SSSR count). The highest BCUT2D eigenvalue weighted by Gasteiger charge is 2.44. The minimum Gasteiger partial charge on any atom is -0.344 e. The minimum absolute atomic E-state index is 0.0221. The molecule has 1 aliphatic heterocycles. The number of carbonyl (C=O) groups excluding carboxylic acids is 4. The van der Waals surface area contributed by atoms with E-state index >= 15 is 4.39 Å². The molecule has 1 aliphatic carbocycles. The first-order chi connectivity index (χ1) is 22.3. The van der Waals surface area contributed by atoms with Crippen molar-refractivity contribution in [3.63, 3.8) is 0 Å². The number of nitrogens with zero attached hydrogens (tertiary/aromatic N) is 4. The molecule has 2 fully saturated rings. The van der Waals surface area contributed by atoms with Gasteiger partial charge in [-0.2, -0.15) is 18.3 Å². The van der Waals surface area contributed by atoms with Crippen LogP contribution < -0.4 is 16.0 Å². The van der Waals surface area contributed by atoms with E-state index in [4.69, 9.17) is 0 Å². The summed E-state index contributed by atoms with van der Waals surface area (Å²) in [6.07, 6.45) is -3.02. The van der Waals surface area contributed by atoms with Crippen molar-refractivity contribution in [3.05, 3.63) is 47.5 Å². The fraction of sp³-hybridized carbons (Fsp3) is 0.594. The smallest absolute Gasteiger partial charge is 0.344 e. The number of piperazine rings is 1. The van der Waals surface area contributed by atoms with E-state index in [2.05, 4.69) is 25.9 Å². The van der Waals surface area contributed by atoms with Crippen LogP contribution in [0.5, 0.6) is 0 Å². The van der Waals surface area contributed by atoms with Crippen molar-refractivity contribution in [2.24, 2.45) is 11.8 Å². The van der Waals surface area contributed by atoms with Gasteiger partial charge in [-0.1, -0.05) is 13.0 Å². The van der Waals surface area contributed by atoms with E-state index < -0.39 is 47.7 Å². The lowest BCUT2D eigenvalue weighted by Gasteiger charge is -2.35. The van der Waals surface area contributed by atoms with Gasteiger partial charge in [-0.05, 0) is 69.3 Å². The molecule has 2 atom stereocenters. The summed E-state index contributed by atoms with van der Waals surface area (Å²) in [4.78, 5) is 56.0. The van der Waals surface area contributed by atoms with Crippen LogP contribution >= 0.6 is 0 Å². The van der Waals surface area contributed by atoms with Gasteiger partial charge < -0.3 is 25.8 Å². The second kappa shape index (κ2) is 15.7. The summed E-state index contributed by atoms with van der Waals surface area (Å²) in [5, 5.41) is 12.0. The predicted molar refractivity (Wildman–Crippen MR) is 166 cm³/mol. The molecule has 0 radical (unpaired) electrons. The Labute approximate surface area is 271 Å². The van der Waals surface area contributed by atoms with Gasteiger partial charge in [0.2, 0.25) is 17.7 Å². The van der Waals surface area contributed by atoms with E-state index in [1.165, 1.54) is 35.1 Å². The van der Waals surface area contributed by atoms with E-state index in [0.29, 0.717) is 38.3 Å². The van der Waals surface area contributed by atoms with Crippen LogP contribution in [0.2, 0.25) is 0 Å². The van der Waals surface area contributed by atoms with Gasteiger partial charge in [0.1, 0.15) is 23.6 Å².